The van der Waals surface area contributed by atoms with Gasteiger partial charge in [0.1, 0.15) is 0 Å². The fourth-order valence-corrected chi connectivity index (χ4v) is 2.60. The second-order valence-electron chi connectivity index (χ2n) is 5.01. The summed E-state index contributed by atoms with van der Waals surface area (Å²) in [6.45, 7) is 7.04. The highest BCUT2D eigenvalue weighted by atomic mass is 15.2. The molecule has 2 nitrogen and oxygen atoms in total. The van der Waals surface area contributed by atoms with Crippen LogP contribution < -0.4 is 5.32 Å². The fraction of sp³-hybridized carbons (Fsp3) is 0.600. The van der Waals surface area contributed by atoms with Crippen LogP contribution in [0, 0.1) is 0 Å². The molecule has 1 aromatic rings. The van der Waals surface area contributed by atoms with Gasteiger partial charge in [0.15, 0.2) is 0 Å². The van der Waals surface area contributed by atoms with Crippen molar-refractivity contribution in [3.8, 4) is 0 Å². The highest BCUT2D eigenvalue weighted by Crippen LogP contribution is 2.11. The van der Waals surface area contributed by atoms with Crippen molar-refractivity contribution in [2.45, 2.75) is 38.8 Å². The van der Waals surface area contributed by atoms with Gasteiger partial charge in [-0.05, 0) is 37.9 Å². The highest BCUT2D eigenvalue weighted by molar-refractivity contribution is 5.14. The molecule has 17 heavy (non-hydrogen) atoms. The van der Waals surface area contributed by atoms with Gasteiger partial charge in [0.05, 0.1) is 0 Å². The average molecular weight is 232 g/mol. The lowest BCUT2D eigenvalue weighted by Crippen LogP contribution is -2.45. The van der Waals surface area contributed by atoms with E-state index < -0.39 is 0 Å². The summed E-state index contributed by atoms with van der Waals surface area (Å²) >= 11 is 0. The van der Waals surface area contributed by atoms with E-state index in [1.165, 1.54) is 44.5 Å². The SMILES string of the molecule is CCCN1CCCC(NCc2ccccc2)C1. The minimum absolute atomic E-state index is 0.676. The van der Waals surface area contributed by atoms with E-state index in [-0.39, 0.29) is 0 Å². The van der Waals surface area contributed by atoms with Crippen LogP contribution in [0.5, 0.6) is 0 Å². The Balaban J connectivity index is 1.75. The lowest BCUT2D eigenvalue weighted by Gasteiger charge is -2.33. The molecule has 1 aliphatic rings. The van der Waals surface area contributed by atoms with Crippen molar-refractivity contribution in [1.82, 2.24) is 10.2 Å². The lowest BCUT2D eigenvalue weighted by molar-refractivity contribution is 0.190. The average Bonchev–Trinajstić information content (AvgIpc) is 2.39. The lowest BCUT2D eigenvalue weighted by atomic mass is 10.1. The third-order valence-corrected chi connectivity index (χ3v) is 3.48. The van der Waals surface area contributed by atoms with E-state index >= 15 is 0 Å². The van der Waals surface area contributed by atoms with E-state index in [0.29, 0.717) is 6.04 Å². The van der Waals surface area contributed by atoms with Crippen LogP contribution in [0.3, 0.4) is 0 Å². The zero-order valence-electron chi connectivity index (χ0n) is 10.9. The zero-order chi connectivity index (χ0) is 11.9. The van der Waals surface area contributed by atoms with Crippen molar-refractivity contribution >= 4 is 0 Å². The maximum Gasteiger partial charge on any atom is 0.0208 e. The van der Waals surface area contributed by atoms with Crippen molar-refractivity contribution in [2.24, 2.45) is 0 Å². The summed E-state index contributed by atoms with van der Waals surface area (Å²) in [5.41, 5.74) is 1.39. The van der Waals surface area contributed by atoms with Crippen LogP contribution in [-0.4, -0.2) is 30.6 Å². The normalized spacial score (nSPS) is 21.6. The van der Waals surface area contributed by atoms with E-state index in [9.17, 15) is 0 Å². The van der Waals surface area contributed by atoms with Gasteiger partial charge in [-0.1, -0.05) is 37.3 Å². The van der Waals surface area contributed by atoms with Crippen LogP contribution in [0.1, 0.15) is 31.7 Å². The maximum atomic E-state index is 3.68. The summed E-state index contributed by atoms with van der Waals surface area (Å²) in [5.74, 6) is 0. The van der Waals surface area contributed by atoms with Crippen molar-refractivity contribution in [3.63, 3.8) is 0 Å². The van der Waals surface area contributed by atoms with Gasteiger partial charge in [0, 0.05) is 19.1 Å². The van der Waals surface area contributed by atoms with Crippen LogP contribution in [0.2, 0.25) is 0 Å². The second kappa shape index (κ2) is 6.77. The predicted molar refractivity (Wildman–Crippen MR) is 73.0 cm³/mol. The molecule has 2 rings (SSSR count). The molecule has 0 bridgehead atoms. The van der Waals surface area contributed by atoms with Gasteiger partial charge in [0.2, 0.25) is 0 Å². The molecule has 1 aromatic carbocycles. The summed E-state index contributed by atoms with van der Waals surface area (Å²) in [6.07, 6.45) is 3.94. The fourth-order valence-electron chi connectivity index (χ4n) is 2.60. The number of piperidine rings is 1. The number of nitrogens with one attached hydrogen (secondary N) is 1. The third-order valence-electron chi connectivity index (χ3n) is 3.48. The molecule has 1 fully saturated rings. The molecule has 0 saturated carbocycles. The van der Waals surface area contributed by atoms with Crippen LogP contribution in [0.4, 0.5) is 0 Å². The number of hydrogen-bond acceptors (Lipinski definition) is 2. The molecule has 94 valence electrons. The molecule has 1 atom stereocenters. The quantitative estimate of drug-likeness (QED) is 0.839. The van der Waals surface area contributed by atoms with Gasteiger partial charge in [-0.15, -0.1) is 0 Å². The zero-order valence-corrected chi connectivity index (χ0v) is 10.9. The monoisotopic (exact) mass is 232 g/mol. The summed E-state index contributed by atoms with van der Waals surface area (Å²) in [6, 6.07) is 11.4. The summed E-state index contributed by atoms with van der Waals surface area (Å²) in [7, 11) is 0. The number of hydrogen-bond donors (Lipinski definition) is 1. The predicted octanol–water partition coefficient (Wildman–Crippen LogP) is 2.65. The van der Waals surface area contributed by atoms with Crippen molar-refractivity contribution in [3.05, 3.63) is 35.9 Å². The van der Waals surface area contributed by atoms with Gasteiger partial charge in [0.25, 0.3) is 0 Å². The van der Waals surface area contributed by atoms with Gasteiger partial charge in [-0.3, -0.25) is 0 Å². The minimum atomic E-state index is 0.676. The molecular formula is C15H24N2. The number of likely N-dealkylation sites (tertiary alicyclic amines) is 1. The highest BCUT2D eigenvalue weighted by Gasteiger charge is 2.18. The summed E-state index contributed by atoms with van der Waals surface area (Å²) in [4.78, 5) is 2.59. The summed E-state index contributed by atoms with van der Waals surface area (Å²) < 4.78 is 0. The van der Waals surface area contributed by atoms with Crippen molar-refractivity contribution in [2.75, 3.05) is 19.6 Å². The number of benzene rings is 1. The van der Waals surface area contributed by atoms with Gasteiger partial charge < -0.3 is 10.2 Å². The van der Waals surface area contributed by atoms with Crippen molar-refractivity contribution < 1.29 is 0 Å². The first-order chi connectivity index (χ1) is 8.38. The first-order valence-electron chi connectivity index (χ1n) is 6.88. The first kappa shape index (κ1) is 12.6. The molecule has 0 spiro atoms. The van der Waals surface area contributed by atoms with Gasteiger partial charge in [-0.25, -0.2) is 0 Å². The van der Waals surface area contributed by atoms with E-state index in [2.05, 4.69) is 47.5 Å². The van der Waals surface area contributed by atoms with E-state index in [1.54, 1.807) is 0 Å². The van der Waals surface area contributed by atoms with Crippen LogP contribution in [0.15, 0.2) is 30.3 Å². The molecule has 1 unspecified atom stereocenters. The smallest absolute Gasteiger partial charge is 0.0208 e. The molecule has 0 aromatic heterocycles. The van der Waals surface area contributed by atoms with Gasteiger partial charge >= 0.3 is 0 Å². The molecule has 1 N–H and O–H groups in total. The Morgan fingerprint density at radius 1 is 1.29 bits per heavy atom. The minimum Gasteiger partial charge on any atom is -0.309 e. The van der Waals surface area contributed by atoms with Crippen LogP contribution in [0.25, 0.3) is 0 Å². The molecule has 1 saturated heterocycles. The number of nitrogens with zero attached hydrogens (tertiary/aromatic N) is 1. The maximum absolute atomic E-state index is 3.68. The second-order valence-corrected chi connectivity index (χ2v) is 5.01. The molecular weight excluding hydrogens is 208 g/mol. The summed E-state index contributed by atoms with van der Waals surface area (Å²) in [5, 5.41) is 3.68. The molecule has 0 aliphatic carbocycles. The Hall–Kier alpha value is -0.860. The Kier molecular flexibility index (Phi) is 5.02. The Bertz CT molecular complexity index is 308. The van der Waals surface area contributed by atoms with E-state index in [4.69, 9.17) is 0 Å². The standard InChI is InChI=1S/C15H24N2/c1-2-10-17-11-6-9-15(13-17)16-12-14-7-4-3-5-8-14/h3-5,7-8,15-16H,2,6,9-13H2,1H3. The molecule has 0 amide bonds. The molecule has 2 heteroatoms. The van der Waals surface area contributed by atoms with Crippen molar-refractivity contribution in [1.29, 1.82) is 0 Å². The topological polar surface area (TPSA) is 15.3 Å². The first-order valence-corrected chi connectivity index (χ1v) is 6.88. The molecule has 1 aliphatic heterocycles. The molecule has 0 radical (unpaired) electrons. The Labute approximate surface area is 105 Å². The van der Waals surface area contributed by atoms with Gasteiger partial charge in [-0.2, -0.15) is 0 Å². The number of rotatable bonds is 5. The van der Waals surface area contributed by atoms with E-state index in [1.807, 2.05) is 0 Å². The largest absolute Gasteiger partial charge is 0.309 e. The van der Waals surface area contributed by atoms with Crippen LogP contribution >= 0.6 is 0 Å². The molecule has 1 heterocycles. The Morgan fingerprint density at radius 3 is 2.88 bits per heavy atom. The van der Waals surface area contributed by atoms with E-state index in [0.717, 1.165) is 6.54 Å². The van der Waals surface area contributed by atoms with Crippen LogP contribution in [-0.2, 0) is 6.54 Å². The third kappa shape index (κ3) is 4.14. The Morgan fingerprint density at radius 2 is 2.12 bits per heavy atom.